The van der Waals surface area contributed by atoms with Crippen molar-refractivity contribution in [3.8, 4) is 0 Å². The molecule has 0 saturated carbocycles. The molecule has 1 aromatic rings. The molecule has 2 aliphatic rings. The molecule has 1 N–H and O–H groups in total. The maximum absolute atomic E-state index is 11.8. The number of carbonyl (C=O) groups excluding carboxylic acids is 1. The Morgan fingerprint density at radius 1 is 1.50 bits per heavy atom. The number of esters is 1. The third-order valence-corrected chi connectivity index (χ3v) is 4.18. The zero-order chi connectivity index (χ0) is 13.9. The van der Waals surface area contributed by atoms with Gasteiger partial charge in [-0.1, -0.05) is 0 Å². The zero-order valence-corrected chi connectivity index (χ0v) is 11.7. The second-order valence-corrected chi connectivity index (χ2v) is 5.44. The Bertz CT molecular complexity index is 468. The Labute approximate surface area is 118 Å². The van der Waals surface area contributed by atoms with Gasteiger partial charge in [-0.25, -0.2) is 4.68 Å². The fourth-order valence-corrected chi connectivity index (χ4v) is 3.03. The second-order valence-electron chi connectivity index (χ2n) is 5.44. The van der Waals surface area contributed by atoms with Crippen LogP contribution in [0.2, 0.25) is 0 Å². The Balaban J connectivity index is 1.73. The van der Waals surface area contributed by atoms with Gasteiger partial charge < -0.3 is 14.8 Å². The van der Waals surface area contributed by atoms with Crippen molar-refractivity contribution < 1.29 is 14.3 Å². The van der Waals surface area contributed by atoms with Crippen molar-refractivity contribution in [1.29, 1.82) is 0 Å². The van der Waals surface area contributed by atoms with E-state index in [1.54, 1.807) is 0 Å². The van der Waals surface area contributed by atoms with Crippen LogP contribution in [0.15, 0.2) is 12.3 Å². The molecule has 0 radical (unpaired) electrons. The van der Waals surface area contributed by atoms with Crippen LogP contribution in [0.4, 0.5) is 0 Å². The molecule has 3 unspecified atom stereocenters. The molecule has 110 valence electrons. The zero-order valence-electron chi connectivity index (χ0n) is 11.7. The number of methoxy groups -OCH3 is 1. The van der Waals surface area contributed by atoms with Crippen molar-refractivity contribution >= 4 is 5.97 Å². The molecule has 6 nitrogen and oxygen atoms in total. The van der Waals surface area contributed by atoms with Crippen molar-refractivity contribution in [2.75, 3.05) is 26.8 Å². The molecule has 0 amide bonds. The molecule has 6 heteroatoms. The van der Waals surface area contributed by atoms with Gasteiger partial charge in [-0.2, -0.15) is 5.10 Å². The van der Waals surface area contributed by atoms with Crippen LogP contribution in [0.3, 0.4) is 0 Å². The molecule has 3 heterocycles. The number of rotatable bonds is 3. The highest BCUT2D eigenvalue weighted by molar-refractivity contribution is 5.74. The topological polar surface area (TPSA) is 65.4 Å². The van der Waals surface area contributed by atoms with Gasteiger partial charge in [-0.05, 0) is 25.3 Å². The van der Waals surface area contributed by atoms with Gasteiger partial charge in [-0.15, -0.1) is 0 Å². The number of nitrogens with zero attached hydrogens (tertiary/aromatic N) is 2. The molecule has 3 rings (SSSR count). The monoisotopic (exact) mass is 279 g/mol. The van der Waals surface area contributed by atoms with Gasteiger partial charge in [0, 0.05) is 31.8 Å². The molecule has 0 bridgehead atoms. The Morgan fingerprint density at radius 2 is 2.40 bits per heavy atom. The molecule has 3 atom stereocenters. The van der Waals surface area contributed by atoms with Crippen LogP contribution >= 0.6 is 0 Å². The van der Waals surface area contributed by atoms with Gasteiger partial charge in [-0.3, -0.25) is 4.79 Å². The fourth-order valence-electron chi connectivity index (χ4n) is 3.03. The van der Waals surface area contributed by atoms with Gasteiger partial charge in [0.1, 0.15) is 6.23 Å². The number of hydrogen-bond donors (Lipinski definition) is 1. The van der Waals surface area contributed by atoms with Crippen LogP contribution < -0.4 is 5.32 Å². The maximum atomic E-state index is 11.8. The second kappa shape index (κ2) is 5.93. The van der Waals surface area contributed by atoms with Crippen LogP contribution in [-0.4, -0.2) is 42.6 Å². The van der Waals surface area contributed by atoms with Gasteiger partial charge in [0.05, 0.1) is 18.7 Å². The smallest absolute Gasteiger partial charge is 0.310 e. The van der Waals surface area contributed by atoms with E-state index in [9.17, 15) is 4.79 Å². The largest absolute Gasteiger partial charge is 0.469 e. The summed E-state index contributed by atoms with van der Waals surface area (Å²) in [6.45, 7) is 2.22. The van der Waals surface area contributed by atoms with Crippen molar-refractivity contribution in [3.05, 3.63) is 18.0 Å². The van der Waals surface area contributed by atoms with Gasteiger partial charge in [0.15, 0.2) is 0 Å². The third kappa shape index (κ3) is 2.58. The van der Waals surface area contributed by atoms with E-state index in [4.69, 9.17) is 9.47 Å². The van der Waals surface area contributed by atoms with E-state index >= 15 is 0 Å². The summed E-state index contributed by atoms with van der Waals surface area (Å²) in [6.07, 6.45) is 5.31. The number of hydrogen-bond acceptors (Lipinski definition) is 5. The van der Waals surface area contributed by atoms with E-state index in [1.807, 2.05) is 16.9 Å². The number of aromatic nitrogens is 2. The minimum absolute atomic E-state index is 0.0449. The summed E-state index contributed by atoms with van der Waals surface area (Å²) in [5.41, 5.74) is 0.944. The standard InChI is InChI=1S/C14H21N3O3/c1-19-14(18)11-9-15-8-10(11)12-5-6-17(16-12)13-4-2-3-7-20-13/h5-6,10-11,13,15H,2-4,7-9H2,1H3. The normalized spacial score (nSPS) is 30.4. The molecular formula is C14H21N3O3. The summed E-state index contributed by atoms with van der Waals surface area (Å²) < 4.78 is 12.5. The van der Waals surface area contributed by atoms with E-state index in [1.165, 1.54) is 13.5 Å². The Morgan fingerprint density at radius 3 is 3.15 bits per heavy atom. The fraction of sp³-hybridized carbons (Fsp3) is 0.714. The summed E-state index contributed by atoms with van der Waals surface area (Å²) in [7, 11) is 1.44. The average molecular weight is 279 g/mol. The predicted octanol–water partition coefficient (Wildman–Crippen LogP) is 1.06. The number of carbonyl (C=O) groups is 1. The predicted molar refractivity (Wildman–Crippen MR) is 72.2 cm³/mol. The molecule has 0 aliphatic carbocycles. The molecule has 1 aromatic heterocycles. The Kier molecular flexibility index (Phi) is 4.03. The minimum Gasteiger partial charge on any atom is -0.469 e. The summed E-state index contributed by atoms with van der Waals surface area (Å²) in [4.78, 5) is 11.8. The molecule has 20 heavy (non-hydrogen) atoms. The van der Waals surface area contributed by atoms with Crippen LogP contribution in [0.5, 0.6) is 0 Å². The maximum Gasteiger partial charge on any atom is 0.310 e. The SMILES string of the molecule is COC(=O)C1CNCC1c1ccn(C2CCCCO2)n1. The summed E-state index contributed by atoms with van der Waals surface area (Å²) >= 11 is 0. The van der Waals surface area contributed by atoms with Gasteiger partial charge in [0.2, 0.25) is 0 Å². The first-order valence-corrected chi connectivity index (χ1v) is 7.25. The lowest BCUT2D eigenvalue weighted by atomic mass is 9.93. The highest BCUT2D eigenvalue weighted by atomic mass is 16.5. The molecule has 2 fully saturated rings. The first-order chi connectivity index (χ1) is 9.79. The van der Waals surface area contributed by atoms with E-state index < -0.39 is 0 Å². The van der Waals surface area contributed by atoms with Crippen LogP contribution in [0.1, 0.15) is 37.1 Å². The highest BCUT2D eigenvalue weighted by Crippen LogP contribution is 2.29. The average Bonchev–Trinajstić information content (AvgIpc) is 3.15. The van der Waals surface area contributed by atoms with E-state index in [0.29, 0.717) is 6.54 Å². The summed E-state index contributed by atoms with van der Waals surface area (Å²) in [5, 5.41) is 7.87. The first-order valence-electron chi connectivity index (χ1n) is 7.25. The van der Waals surface area contributed by atoms with Crippen LogP contribution in [0, 0.1) is 5.92 Å². The van der Waals surface area contributed by atoms with Gasteiger partial charge >= 0.3 is 5.97 Å². The minimum atomic E-state index is -0.163. The van der Waals surface area contributed by atoms with Crippen LogP contribution in [-0.2, 0) is 14.3 Å². The third-order valence-electron chi connectivity index (χ3n) is 4.18. The Hall–Kier alpha value is -1.40. The molecule has 2 aliphatic heterocycles. The quantitative estimate of drug-likeness (QED) is 0.838. The van der Waals surface area contributed by atoms with E-state index in [-0.39, 0.29) is 24.0 Å². The van der Waals surface area contributed by atoms with E-state index in [2.05, 4.69) is 10.4 Å². The molecule has 2 saturated heterocycles. The first kappa shape index (κ1) is 13.6. The lowest BCUT2D eigenvalue weighted by Gasteiger charge is -2.23. The van der Waals surface area contributed by atoms with Crippen molar-refractivity contribution in [2.24, 2.45) is 5.92 Å². The van der Waals surface area contributed by atoms with Crippen molar-refractivity contribution in [2.45, 2.75) is 31.4 Å². The lowest BCUT2D eigenvalue weighted by Crippen LogP contribution is -2.24. The molecule has 0 spiro atoms. The summed E-state index contributed by atoms with van der Waals surface area (Å²) in [5.74, 6) is -0.216. The summed E-state index contributed by atoms with van der Waals surface area (Å²) in [6, 6.07) is 1.99. The van der Waals surface area contributed by atoms with Crippen molar-refractivity contribution in [1.82, 2.24) is 15.1 Å². The number of nitrogens with one attached hydrogen (secondary N) is 1. The molecular weight excluding hydrogens is 258 g/mol. The lowest BCUT2D eigenvalue weighted by molar-refractivity contribution is -0.145. The van der Waals surface area contributed by atoms with Crippen LogP contribution in [0.25, 0.3) is 0 Å². The van der Waals surface area contributed by atoms with Crippen molar-refractivity contribution in [3.63, 3.8) is 0 Å². The molecule has 0 aromatic carbocycles. The number of ether oxygens (including phenoxy) is 2. The van der Waals surface area contributed by atoms with Gasteiger partial charge in [0.25, 0.3) is 0 Å². The highest BCUT2D eigenvalue weighted by Gasteiger charge is 2.36. The van der Waals surface area contributed by atoms with E-state index in [0.717, 1.165) is 31.7 Å².